The molecule has 2 saturated heterocycles. The lowest BCUT2D eigenvalue weighted by molar-refractivity contribution is -0.224. The molecule has 1 saturated carbocycles. The fourth-order valence-corrected chi connectivity index (χ4v) is 6.29. The molecule has 50 heavy (non-hydrogen) atoms. The standard InChI is InChI=1S/C38H45N3O9/c1-6-7-8-9-23-10-12-24(13-11-23)25-14-16-26(17-15-25)32(42)41-30-19-18-27(39-21-28-33(43)47-37(2,3)48-34(28)44)20-31(30)40-22-29-35(45)49-38(4,5)50-36(29)46/h14-24,39-40H,6-13H2,1-5H3,(H,41,42). The summed E-state index contributed by atoms with van der Waals surface area (Å²) in [6.45, 7) is 8.01. The lowest BCUT2D eigenvalue weighted by Gasteiger charge is -2.29. The molecular weight excluding hydrogens is 642 g/mol. The maximum absolute atomic E-state index is 13.4. The Morgan fingerprint density at radius 1 is 0.720 bits per heavy atom. The molecule has 0 aromatic heterocycles. The number of hydrogen-bond donors (Lipinski definition) is 3. The second-order valence-corrected chi connectivity index (χ2v) is 13.8. The number of rotatable bonds is 11. The van der Waals surface area contributed by atoms with Crippen LogP contribution in [0.25, 0.3) is 0 Å². The Morgan fingerprint density at radius 3 is 1.80 bits per heavy atom. The Hall–Kier alpha value is -5.13. The van der Waals surface area contributed by atoms with Crippen molar-refractivity contribution in [3.63, 3.8) is 0 Å². The maximum Gasteiger partial charge on any atom is 0.350 e. The number of benzene rings is 2. The smallest absolute Gasteiger partial charge is 0.350 e. The second kappa shape index (κ2) is 15.2. The summed E-state index contributed by atoms with van der Waals surface area (Å²) in [4.78, 5) is 63.3. The number of ether oxygens (including phenoxy) is 4. The van der Waals surface area contributed by atoms with Crippen molar-refractivity contribution in [2.75, 3.05) is 16.0 Å². The molecule has 0 atom stereocenters. The van der Waals surface area contributed by atoms with E-state index in [4.69, 9.17) is 18.9 Å². The van der Waals surface area contributed by atoms with Gasteiger partial charge in [0.05, 0.1) is 11.4 Å². The van der Waals surface area contributed by atoms with E-state index in [2.05, 4.69) is 22.9 Å². The van der Waals surface area contributed by atoms with E-state index in [9.17, 15) is 24.0 Å². The van der Waals surface area contributed by atoms with Crippen LogP contribution in [0.1, 0.15) is 108 Å². The molecule has 0 unspecified atom stereocenters. The van der Waals surface area contributed by atoms with Gasteiger partial charge in [-0.15, -0.1) is 0 Å². The molecule has 2 aromatic carbocycles. The van der Waals surface area contributed by atoms with E-state index in [1.807, 2.05) is 24.3 Å². The lowest BCUT2D eigenvalue weighted by Crippen LogP contribution is -2.42. The topological polar surface area (TPSA) is 158 Å². The van der Waals surface area contributed by atoms with E-state index in [1.165, 1.54) is 77.8 Å². The van der Waals surface area contributed by atoms with Gasteiger partial charge in [0.15, 0.2) is 11.1 Å². The fourth-order valence-electron chi connectivity index (χ4n) is 6.29. The van der Waals surface area contributed by atoms with Crippen LogP contribution in [0, 0.1) is 5.92 Å². The minimum atomic E-state index is -1.41. The van der Waals surface area contributed by atoms with Crippen LogP contribution in [0.3, 0.4) is 0 Å². The molecule has 266 valence electrons. The maximum atomic E-state index is 13.4. The summed E-state index contributed by atoms with van der Waals surface area (Å²) >= 11 is 0. The normalized spacial score (nSPS) is 21.2. The number of anilines is 3. The predicted octanol–water partition coefficient (Wildman–Crippen LogP) is 7.06. The molecule has 0 radical (unpaired) electrons. The highest BCUT2D eigenvalue weighted by Crippen LogP contribution is 2.38. The lowest BCUT2D eigenvalue weighted by atomic mass is 9.77. The molecule has 3 fully saturated rings. The number of cyclic esters (lactones) is 4. The van der Waals surface area contributed by atoms with Gasteiger partial charge in [0.2, 0.25) is 0 Å². The summed E-state index contributed by atoms with van der Waals surface area (Å²) in [5.74, 6) is -5.36. The third kappa shape index (κ3) is 9.10. The number of carbonyl (C=O) groups is 5. The van der Waals surface area contributed by atoms with E-state index in [1.54, 1.807) is 12.1 Å². The molecule has 2 aromatic rings. The molecule has 5 rings (SSSR count). The molecule has 12 heteroatoms. The molecule has 12 nitrogen and oxygen atoms in total. The van der Waals surface area contributed by atoms with Crippen molar-refractivity contribution in [2.24, 2.45) is 5.92 Å². The number of carbonyl (C=O) groups excluding carboxylic acids is 5. The average molecular weight is 688 g/mol. The Morgan fingerprint density at radius 2 is 1.26 bits per heavy atom. The number of amides is 1. The third-order valence-corrected chi connectivity index (χ3v) is 8.96. The number of esters is 4. The van der Waals surface area contributed by atoms with Crippen LogP contribution in [-0.4, -0.2) is 41.4 Å². The van der Waals surface area contributed by atoms with E-state index in [0.717, 1.165) is 31.2 Å². The van der Waals surface area contributed by atoms with Crippen molar-refractivity contribution in [3.05, 3.63) is 77.1 Å². The van der Waals surface area contributed by atoms with Gasteiger partial charge in [-0.1, -0.05) is 44.7 Å². The highest BCUT2D eigenvalue weighted by atomic mass is 16.7. The second-order valence-electron chi connectivity index (χ2n) is 13.8. The molecule has 1 amide bonds. The molecule has 3 N–H and O–H groups in total. The Balaban J connectivity index is 1.31. The van der Waals surface area contributed by atoms with Gasteiger partial charge in [-0.25, -0.2) is 19.2 Å². The molecule has 1 aliphatic carbocycles. The summed E-state index contributed by atoms with van der Waals surface area (Å²) in [5.41, 5.74) is 1.91. The highest BCUT2D eigenvalue weighted by molar-refractivity contribution is 6.16. The van der Waals surface area contributed by atoms with Crippen molar-refractivity contribution in [1.29, 1.82) is 0 Å². The Bertz CT molecular complexity index is 1660. The number of nitrogens with one attached hydrogen (secondary N) is 3. The minimum Gasteiger partial charge on any atom is -0.419 e. The van der Waals surface area contributed by atoms with Gasteiger partial charge in [-0.2, -0.15) is 0 Å². The zero-order chi connectivity index (χ0) is 36.1. The van der Waals surface area contributed by atoms with Crippen LogP contribution in [0.4, 0.5) is 17.1 Å². The molecule has 0 bridgehead atoms. The third-order valence-electron chi connectivity index (χ3n) is 8.96. The molecule has 0 spiro atoms. The van der Waals surface area contributed by atoms with Crippen LogP contribution >= 0.6 is 0 Å². The summed E-state index contributed by atoms with van der Waals surface area (Å²) in [7, 11) is 0. The first-order valence-electron chi connectivity index (χ1n) is 17.2. The van der Waals surface area contributed by atoms with Crippen LogP contribution in [0.15, 0.2) is 66.0 Å². The molecule has 3 aliphatic rings. The number of unbranched alkanes of at least 4 members (excludes halogenated alkanes) is 2. The number of hydrogen-bond acceptors (Lipinski definition) is 11. The summed E-state index contributed by atoms with van der Waals surface area (Å²) in [5, 5.41) is 8.62. The summed E-state index contributed by atoms with van der Waals surface area (Å²) in [6, 6.07) is 12.4. The van der Waals surface area contributed by atoms with E-state index in [0.29, 0.717) is 22.9 Å². The van der Waals surface area contributed by atoms with Crippen molar-refractivity contribution >= 4 is 46.8 Å². The first kappa shape index (κ1) is 36.2. The van der Waals surface area contributed by atoms with Crippen molar-refractivity contribution in [2.45, 2.75) is 103 Å². The van der Waals surface area contributed by atoms with Gasteiger partial charge in [-0.05, 0) is 73.4 Å². The van der Waals surface area contributed by atoms with Gasteiger partial charge in [-0.3, -0.25) is 4.79 Å². The van der Waals surface area contributed by atoms with Crippen LogP contribution in [0.2, 0.25) is 0 Å². The fraction of sp³-hybridized carbons (Fsp3) is 0.447. The van der Waals surface area contributed by atoms with Gasteiger partial charge < -0.3 is 34.9 Å². The van der Waals surface area contributed by atoms with Crippen LogP contribution in [0.5, 0.6) is 0 Å². The SMILES string of the molecule is CCCCCC1CCC(c2ccc(C(=O)Nc3ccc(NC=C4C(=O)OC(C)(C)OC4=O)cc3NC=C3C(=O)OC(C)(C)OC3=O)cc2)CC1. The largest absolute Gasteiger partial charge is 0.419 e. The monoisotopic (exact) mass is 687 g/mol. The first-order chi connectivity index (χ1) is 23.7. The molecule has 2 heterocycles. The van der Waals surface area contributed by atoms with Gasteiger partial charge in [0.1, 0.15) is 0 Å². The Kier molecular flexibility index (Phi) is 11.0. The van der Waals surface area contributed by atoms with E-state index in [-0.39, 0.29) is 22.7 Å². The Labute approximate surface area is 291 Å². The van der Waals surface area contributed by atoms with Crippen molar-refractivity contribution < 1.29 is 42.9 Å². The highest BCUT2D eigenvalue weighted by Gasteiger charge is 2.40. The summed E-state index contributed by atoms with van der Waals surface area (Å²) < 4.78 is 20.6. The average Bonchev–Trinajstić information content (AvgIpc) is 3.04. The zero-order valence-corrected chi connectivity index (χ0v) is 29.2. The molecule has 2 aliphatic heterocycles. The first-order valence-corrected chi connectivity index (χ1v) is 17.2. The minimum absolute atomic E-state index is 0.266. The van der Waals surface area contributed by atoms with Gasteiger partial charge in [0, 0.05) is 51.3 Å². The van der Waals surface area contributed by atoms with Crippen molar-refractivity contribution in [3.8, 4) is 0 Å². The van der Waals surface area contributed by atoms with Gasteiger partial charge in [0.25, 0.3) is 17.5 Å². The van der Waals surface area contributed by atoms with Gasteiger partial charge >= 0.3 is 23.9 Å². The van der Waals surface area contributed by atoms with E-state index < -0.39 is 35.5 Å². The quantitative estimate of drug-likeness (QED) is 0.0961. The van der Waals surface area contributed by atoms with Crippen LogP contribution in [-0.2, 0) is 38.1 Å². The van der Waals surface area contributed by atoms with Crippen LogP contribution < -0.4 is 16.0 Å². The van der Waals surface area contributed by atoms with Crippen molar-refractivity contribution in [1.82, 2.24) is 0 Å². The molecular formula is C38H45N3O9. The van der Waals surface area contributed by atoms with E-state index >= 15 is 0 Å². The predicted molar refractivity (Wildman–Crippen MR) is 186 cm³/mol. The summed E-state index contributed by atoms with van der Waals surface area (Å²) in [6.07, 6.45) is 12.2. The zero-order valence-electron chi connectivity index (χ0n) is 29.2.